The largest absolute Gasteiger partial charge is 0.312 e. The Hall–Kier alpha value is -1.19. The molecule has 90 valence electrons. The van der Waals surface area contributed by atoms with Gasteiger partial charge in [-0.1, -0.05) is 12.1 Å². The second-order valence-electron chi connectivity index (χ2n) is 4.08. The fraction of sp³-hybridized carbons (Fsp3) is 0.286. The third-order valence-electron chi connectivity index (χ3n) is 2.73. The van der Waals surface area contributed by atoms with Crippen molar-refractivity contribution >= 4 is 11.3 Å². The van der Waals surface area contributed by atoms with Gasteiger partial charge in [0.1, 0.15) is 5.82 Å². The standard InChI is InChI=1S/C14H16FNS/c1-11-6-8-17-14(11)10-16-7-5-12-3-2-4-13(15)9-12/h2-4,6,8-9,16H,5,7,10H2,1H3. The number of aryl methyl sites for hydroxylation is 1. The van der Waals surface area contributed by atoms with Gasteiger partial charge in [0.15, 0.2) is 0 Å². The molecule has 0 radical (unpaired) electrons. The fourth-order valence-corrected chi connectivity index (χ4v) is 2.59. The highest BCUT2D eigenvalue weighted by atomic mass is 32.1. The second-order valence-corrected chi connectivity index (χ2v) is 5.08. The number of benzene rings is 1. The van der Waals surface area contributed by atoms with E-state index >= 15 is 0 Å². The van der Waals surface area contributed by atoms with E-state index in [2.05, 4.69) is 23.7 Å². The van der Waals surface area contributed by atoms with Crippen molar-refractivity contribution in [2.75, 3.05) is 6.54 Å². The smallest absolute Gasteiger partial charge is 0.123 e. The van der Waals surface area contributed by atoms with Crippen molar-refractivity contribution in [1.29, 1.82) is 0 Å². The van der Waals surface area contributed by atoms with Crippen molar-refractivity contribution in [3.8, 4) is 0 Å². The molecule has 2 aromatic rings. The van der Waals surface area contributed by atoms with Crippen LogP contribution in [0.4, 0.5) is 4.39 Å². The molecule has 0 spiro atoms. The molecule has 0 fully saturated rings. The minimum absolute atomic E-state index is 0.156. The van der Waals surface area contributed by atoms with E-state index in [0.717, 1.165) is 25.1 Å². The molecular formula is C14H16FNS. The molecule has 17 heavy (non-hydrogen) atoms. The zero-order chi connectivity index (χ0) is 12.1. The molecule has 3 heteroatoms. The van der Waals surface area contributed by atoms with Crippen LogP contribution in [0.5, 0.6) is 0 Å². The quantitative estimate of drug-likeness (QED) is 0.799. The predicted molar refractivity (Wildman–Crippen MR) is 70.9 cm³/mol. The number of rotatable bonds is 5. The maximum absolute atomic E-state index is 12.9. The Balaban J connectivity index is 1.75. The molecule has 0 bridgehead atoms. The van der Waals surface area contributed by atoms with E-state index < -0.39 is 0 Å². The topological polar surface area (TPSA) is 12.0 Å². The fourth-order valence-electron chi connectivity index (χ4n) is 1.71. The van der Waals surface area contributed by atoms with Crippen molar-refractivity contribution in [2.45, 2.75) is 19.9 Å². The van der Waals surface area contributed by atoms with Crippen LogP contribution in [0.1, 0.15) is 16.0 Å². The van der Waals surface area contributed by atoms with Gasteiger partial charge in [0.2, 0.25) is 0 Å². The lowest BCUT2D eigenvalue weighted by molar-refractivity contribution is 0.623. The maximum atomic E-state index is 12.9. The SMILES string of the molecule is Cc1ccsc1CNCCc1cccc(F)c1. The number of thiophene rings is 1. The molecule has 0 saturated carbocycles. The van der Waals surface area contributed by atoms with Gasteiger partial charge in [-0.15, -0.1) is 11.3 Å². The molecule has 1 aromatic heterocycles. The Labute approximate surface area is 105 Å². The molecule has 0 atom stereocenters. The van der Waals surface area contributed by atoms with Crippen LogP contribution in [0.2, 0.25) is 0 Å². The summed E-state index contributed by atoms with van der Waals surface area (Å²) >= 11 is 1.78. The van der Waals surface area contributed by atoms with Gasteiger partial charge in [-0.05, 0) is 54.6 Å². The lowest BCUT2D eigenvalue weighted by atomic mass is 10.1. The third-order valence-corrected chi connectivity index (χ3v) is 3.76. The zero-order valence-corrected chi connectivity index (χ0v) is 10.7. The van der Waals surface area contributed by atoms with Gasteiger partial charge in [-0.2, -0.15) is 0 Å². The Morgan fingerprint density at radius 3 is 2.88 bits per heavy atom. The van der Waals surface area contributed by atoms with E-state index in [1.165, 1.54) is 16.5 Å². The monoisotopic (exact) mass is 249 g/mol. The van der Waals surface area contributed by atoms with Gasteiger partial charge in [-0.25, -0.2) is 4.39 Å². The first kappa shape index (κ1) is 12.3. The summed E-state index contributed by atoms with van der Waals surface area (Å²) in [5.41, 5.74) is 2.38. The summed E-state index contributed by atoms with van der Waals surface area (Å²) in [5, 5.41) is 5.49. The van der Waals surface area contributed by atoms with Crippen molar-refractivity contribution in [1.82, 2.24) is 5.32 Å². The first-order valence-corrected chi connectivity index (χ1v) is 6.62. The van der Waals surface area contributed by atoms with Gasteiger partial charge < -0.3 is 5.32 Å². The van der Waals surface area contributed by atoms with Crippen molar-refractivity contribution < 1.29 is 4.39 Å². The first-order chi connectivity index (χ1) is 8.25. The van der Waals surface area contributed by atoms with Crippen LogP contribution in [-0.2, 0) is 13.0 Å². The minimum Gasteiger partial charge on any atom is -0.312 e. The maximum Gasteiger partial charge on any atom is 0.123 e. The summed E-state index contributed by atoms with van der Waals surface area (Å²) in [5.74, 6) is -0.156. The molecule has 1 heterocycles. The number of hydrogen-bond acceptors (Lipinski definition) is 2. The average molecular weight is 249 g/mol. The van der Waals surface area contributed by atoms with E-state index in [4.69, 9.17) is 0 Å². The van der Waals surface area contributed by atoms with Gasteiger partial charge in [-0.3, -0.25) is 0 Å². The molecule has 1 aromatic carbocycles. The molecule has 0 aliphatic heterocycles. The van der Waals surface area contributed by atoms with Gasteiger partial charge in [0.25, 0.3) is 0 Å². The molecule has 0 aliphatic rings. The highest BCUT2D eigenvalue weighted by molar-refractivity contribution is 7.10. The van der Waals surface area contributed by atoms with Crippen molar-refractivity contribution in [2.24, 2.45) is 0 Å². The van der Waals surface area contributed by atoms with Crippen molar-refractivity contribution in [3.05, 3.63) is 57.5 Å². The highest BCUT2D eigenvalue weighted by Gasteiger charge is 1.99. The molecule has 0 unspecified atom stereocenters. The third kappa shape index (κ3) is 3.65. The number of hydrogen-bond donors (Lipinski definition) is 1. The van der Waals surface area contributed by atoms with Gasteiger partial charge in [0.05, 0.1) is 0 Å². The van der Waals surface area contributed by atoms with Gasteiger partial charge >= 0.3 is 0 Å². The lowest BCUT2D eigenvalue weighted by Gasteiger charge is -2.04. The number of halogens is 1. The van der Waals surface area contributed by atoms with Crippen LogP contribution in [0, 0.1) is 12.7 Å². The first-order valence-electron chi connectivity index (χ1n) is 5.74. The minimum atomic E-state index is -0.156. The lowest BCUT2D eigenvalue weighted by Crippen LogP contribution is -2.16. The Morgan fingerprint density at radius 2 is 2.18 bits per heavy atom. The van der Waals surface area contributed by atoms with Crippen LogP contribution in [0.3, 0.4) is 0 Å². The predicted octanol–water partition coefficient (Wildman–Crippen LogP) is 3.53. The Bertz CT molecular complexity index is 479. The van der Waals surface area contributed by atoms with Gasteiger partial charge in [0, 0.05) is 11.4 Å². The van der Waals surface area contributed by atoms with Crippen molar-refractivity contribution in [3.63, 3.8) is 0 Å². The van der Waals surface area contributed by atoms with Crippen LogP contribution < -0.4 is 5.32 Å². The average Bonchev–Trinajstić information content (AvgIpc) is 2.71. The Morgan fingerprint density at radius 1 is 1.29 bits per heavy atom. The summed E-state index contributed by atoms with van der Waals surface area (Å²) in [7, 11) is 0. The summed E-state index contributed by atoms with van der Waals surface area (Å²) in [4.78, 5) is 1.38. The number of nitrogens with one attached hydrogen (secondary N) is 1. The zero-order valence-electron chi connectivity index (χ0n) is 9.87. The van der Waals surface area contributed by atoms with E-state index in [-0.39, 0.29) is 5.82 Å². The van der Waals surface area contributed by atoms with Crippen LogP contribution in [-0.4, -0.2) is 6.54 Å². The van der Waals surface area contributed by atoms with E-state index in [1.54, 1.807) is 23.5 Å². The molecule has 1 N–H and O–H groups in total. The van der Waals surface area contributed by atoms with E-state index in [9.17, 15) is 4.39 Å². The summed E-state index contributed by atoms with van der Waals surface area (Å²) in [6, 6.07) is 8.92. The summed E-state index contributed by atoms with van der Waals surface area (Å²) in [6.45, 7) is 3.90. The summed E-state index contributed by atoms with van der Waals surface area (Å²) in [6.07, 6.45) is 0.863. The second kappa shape index (κ2) is 5.94. The van der Waals surface area contributed by atoms with E-state index in [1.807, 2.05) is 6.07 Å². The molecule has 0 aliphatic carbocycles. The van der Waals surface area contributed by atoms with Crippen LogP contribution >= 0.6 is 11.3 Å². The molecule has 0 saturated heterocycles. The Kier molecular flexibility index (Phi) is 4.29. The summed E-state index contributed by atoms with van der Waals surface area (Å²) < 4.78 is 12.9. The van der Waals surface area contributed by atoms with E-state index in [0.29, 0.717) is 0 Å². The normalized spacial score (nSPS) is 10.7. The molecule has 2 rings (SSSR count). The van der Waals surface area contributed by atoms with Crippen LogP contribution in [0.15, 0.2) is 35.7 Å². The molecular weight excluding hydrogens is 233 g/mol. The molecule has 1 nitrogen and oxygen atoms in total. The van der Waals surface area contributed by atoms with Crippen LogP contribution in [0.25, 0.3) is 0 Å². The highest BCUT2D eigenvalue weighted by Crippen LogP contribution is 2.14. The molecule has 0 amide bonds.